The van der Waals surface area contributed by atoms with Gasteiger partial charge in [-0.05, 0) is 75.9 Å². The van der Waals surface area contributed by atoms with Crippen molar-refractivity contribution in [2.75, 3.05) is 32.8 Å². The highest BCUT2D eigenvalue weighted by Gasteiger charge is 2.30. The Morgan fingerprint density at radius 1 is 1.02 bits per heavy atom. The number of carboxylic acid groups (broad SMARTS) is 1. The highest BCUT2D eigenvalue weighted by molar-refractivity contribution is 7.93. The van der Waals surface area contributed by atoms with Crippen LogP contribution in [0.1, 0.15) is 64.7 Å². The van der Waals surface area contributed by atoms with Crippen LogP contribution in [0.2, 0.25) is 0 Å². The molecule has 0 radical (unpaired) electrons. The van der Waals surface area contributed by atoms with E-state index in [2.05, 4.69) is 10.8 Å². The SMILES string of the molecule is C/C=C(\C=C/C/C1=C/C=C(CCC(=O)O)\C=C/CC1)S(=O)(=O)NCC1CCC(C(=O)N2CCOCC2)CC1.c1ccccc1. The summed E-state index contributed by atoms with van der Waals surface area (Å²) >= 11 is 0. The average Bonchev–Trinajstić information content (AvgIpc) is 3.04. The molecule has 0 aromatic heterocycles. The number of sulfonamides is 1. The van der Waals surface area contributed by atoms with Gasteiger partial charge in [-0.15, -0.1) is 0 Å². The number of carbonyl (C=O) groups excluding carboxylic acids is 1. The molecule has 8 nitrogen and oxygen atoms in total. The normalized spacial score (nSPS) is 24.5. The van der Waals surface area contributed by atoms with E-state index in [0.717, 1.165) is 44.1 Å². The number of amides is 1. The van der Waals surface area contributed by atoms with Crippen LogP contribution in [0.25, 0.3) is 0 Å². The Morgan fingerprint density at radius 3 is 2.30 bits per heavy atom. The lowest BCUT2D eigenvalue weighted by Gasteiger charge is -2.34. The maximum absolute atomic E-state index is 13.0. The molecule has 3 aliphatic rings. The summed E-state index contributed by atoms with van der Waals surface area (Å²) in [5.41, 5.74) is 2.15. The molecule has 0 atom stereocenters. The fourth-order valence-corrected chi connectivity index (χ4v) is 6.68. The zero-order valence-electron chi connectivity index (χ0n) is 25.9. The molecule has 1 saturated heterocycles. The van der Waals surface area contributed by atoms with E-state index >= 15 is 0 Å². The molecular formula is C35H48N2O6S. The zero-order chi connectivity index (χ0) is 31.6. The highest BCUT2D eigenvalue weighted by Crippen LogP contribution is 2.30. The molecule has 1 aromatic carbocycles. The van der Waals surface area contributed by atoms with Crippen molar-refractivity contribution >= 4 is 21.9 Å². The van der Waals surface area contributed by atoms with Crippen molar-refractivity contribution in [1.82, 2.24) is 9.62 Å². The van der Waals surface area contributed by atoms with Crippen molar-refractivity contribution in [3.8, 4) is 0 Å². The summed E-state index contributed by atoms with van der Waals surface area (Å²) in [4.78, 5) is 25.7. The number of carbonyl (C=O) groups is 2. The van der Waals surface area contributed by atoms with Gasteiger partial charge in [0, 0.05) is 32.0 Å². The van der Waals surface area contributed by atoms with E-state index in [1.807, 2.05) is 65.6 Å². The third kappa shape index (κ3) is 12.8. The van der Waals surface area contributed by atoms with Gasteiger partial charge in [-0.2, -0.15) is 0 Å². The van der Waals surface area contributed by atoms with Crippen LogP contribution in [0.15, 0.2) is 95.0 Å². The Bertz CT molecular complexity index is 1270. The number of hydrogen-bond acceptors (Lipinski definition) is 5. The third-order valence-electron chi connectivity index (χ3n) is 8.13. The van der Waals surface area contributed by atoms with Crippen LogP contribution < -0.4 is 4.72 Å². The second kappa shape index (κ2) is 19.2. The number of ether oxygens (including phenoxy) is 1. The number of benzene rings is 1. The smallest absolute Gasteiger partial charge is 0.303 e. The molecule has 1 heterocycles. The minimum absolute atomic E-state index is 0.0381. The third-order valence-corrected chi connectivity index (χ3v) is 9.67. The average molecular weight is 625 g/mol. The molecule has 2 fully saturated rings. The standard InChI is InChI=1S/C29H42N2O6S.C6H6/c1-2-27(9-5-8-23-6-3-4-7-24(11-10-23)14-17-28(32)33)38(35,36)30-22-25-12-15-26(16-13-25)29(34)31-18-20-37-21-19-31;1-2-4-6-5-3-1/h2,4-5,7,9-11,25-26,30H,3,6,8,12-22H2,1H3,(H,32,33);1-6H/b7-4-,9-5-,23-10+,24-11+,27-2+;. The molecule has 9 heteroatoms. The van der Waals surface area contributed by atoms with Crippen molar-refractivity contribution in [1.29, 1.82) is 0 Å². The van der Waals surface area contributed by atoms with Gasteiger partial charge in [0.15, 0.2) is 0 Å². The van der Waals surface area contributed by atoms with Gasteiger partial charge in [0.25, 0.3) is 0 Å². The van der Waals surface area contributed by atoms with Crippen molar-refractivity contribution in [3.05, 3.63) is 95.0 Å². The van der Waals surface area contributed by atoms with Crippen LogP contribution in [0.3, 0.4) is 0 Å². The number of hydrogen-bond donors (Lipinski definition) is 2. The summed E-state index contributed by atoms with van der Waals surface area (Å²) in [5.74, 6) is -0.322. The van der Waals surface area contributed by atoms with E-state index in [0.29, 0.717) is 45.7 Å². The second-order valence-corrected chi connectivity index (χ2v) is 13.1. The number of nitrogens with zero attached hydrogens (tertiary/aromatic N) is 1. The van der Waals surface area contributed by atoms with Crippen LogP contribution >= 0.6 is 0 Å². The first kappa shape index (κ1) is 35.2. The van der Waals surface area contributed by atoms with Crippen molar-refractivity contribution < 1.29 is 27.9 Å². The molecule has 2 aliphatic carbocycles. The van der Waals surface area contributed by atoms with E-state index in [1.165, 1.54) is 5.57 Å². The van der Waals surface area contributed by atoms with Crippen LogP contribution in [-0.2, 0) is 24.3 Å². The minimum Gasteiger partial charge on any atom is -0.481 e. The Hall–Kier alpha value is -3.27. The molecule has 0 bridgehead atoms. The first-order chi connectivity index (χ1) is 21.3. The Morgan fingerprint density at radius 2 is 1.68 bits per heavy atom. The second-order valence-electron chi connectivity index (χ2n) is 11.4. The Balaban J connectivity index is 0.000000785. The molecule has 1 saturated carbocycles. The van der Waals surface area contributed by atoms with Crippen LogP contribution in [0.5, 0.6) is 0 Å². The fourth-order valence-electron chi connectivity index (χ4n) is 5.47. The van der Waals surface area contributed by atoms with Gasteiger partial charge in [0.1, 0.15) is 0 Å². The zero-order valence-corrected chi connectivity index (χ0v) is 26.7. The van der Waals surface area contributed by atoms with Crippen molar-refractivity contribution in [2.24, 2.45) is 11.8 Å². The quantitative estimate of drug-likeness (QED) is 0.285. The lowest BCUT2D eigenvalue weighted by molar-refractivity contribution is -0.141. The highest BCUT2D eigenvalue weighted by atomic mass is 32.2. The van der Waals surface area contributed by atoms with Gasteiger partial charge >= 0.3 is 5.97 Å². The van der Waals surface area contributed by atoms with Crippen LogP contribution in [0, 0.1) is 11.8 Å². The van der Waals surface area contributed by atoms with E-state index in [4.69, 9.17) is 9.84 Å². The molecule has 240 valence electrons. The molecule has 0 spiro atoms. The first-order valence-corrected chi connectivity index (χ1v) is 17.2. The summed E-state index contributed by atoms with van der Waals surface area (Å²) in [6.45, 7) is 4.64. The molecule has 1 amide bonds. The molecule has 1 aliphatic heterocycles. The molecule has 2 N–H and O–H groups in total. The molecule has 44 heavy (non-hydrogen) atoms. The molecule has 0 unspecified atom stereocenters. The van der Waals surface area contributed by atoms with E-state index < -0.39 is 16.0 Å². The van der Waals surface area contributed by atoms with E-state index in [-0.39, 0.29) is 29.1 Å². The summed E-state index contributed by atoms with van der Waals surface area (Å²) in [7, 11) is -3.62. The van der Waals surface area contributed by atoms with Gasteiger partial charge in [-0.1, -0.05) is 78.4 Å². The predicted octanol–water partition coefficient (Wildman–Crippen LogP) is 6.18. The topological polar surface area (TPSA) is 113 Å². The molecular weight excluding hydrogens is 576 g/mol. The largest absolute Gasteiger partial charge is 0.481 e. The fraction of sp³-hybridized carbons (Fsp3) is 0.486. The maximum atomic E-state index is 13.0. The summed E-state index contributed by atoms with van der Waals surface area (Å²) in [6, 6.07) is 12.0. The van der Waals surface area contributed by atoms with E-state index in [1.54, 1.807) is 19.1 Å². The Labute approximate surface area is 263 Å². The Kier molecular flexibility index (Phi) is 15.4. The van der Waals surface area contributed by atoms with Gasteiger partial charge in [0.2, 0.25) is 15.9 Å². The monoisotopic (exact) mass is 624 g/mol. The number of carboxylic acids is 1. The number of rotatable bonds is 11. The summed E-state index contributed by atoms with van der Waals surface area (Å²) < 4.78 is 34.0. The van der Waals surface area contributed by atoms with Crippen molar-refractivity contribution in [2.45, 2.75) is 64.7 Å². The van der Waals surface area contributed by atoms with Crippen LogP contribution in [-0.4, -0.2) is 63.1 Å². The van der Waals surface area contributed by atoms with Gasteiger partial charge in [0.05, 0.1) is 18.1 Å². The number of allylic oxidation sites excluding steroid dienone is 9. The first-order valence-electron chi connectivity index (χ1n) is 15.7. The van der Waals surface area contributed by atoms with Gasteiger partial charge in [-0.3, -0.25) is 9.59 Å². The van der Waals surface area contributed by atoms with Gasteiger partial charge in [-0.25, -0.2) is 13.1 Å². The number of morpholine rings is 1. The maximum Gasteiger partial charge on any atom is 0.303 e. The molecule has 4 rings (SSSR count). The van der Waals surface area contributed by atoms with Crippen LogP contribution in [0.4, 0.5) is 0 Å². The van der Waals surface area contributed by atoms with Gasteiger partial charge < -0.3 is 14.7 Å². The van der Waals surface area contributed by atoms with E-state index in [9.17, 15) is 18.0 Å². The summed E-state index contributed by atoms with van der Waals surface area (Å²) in [6.07, 6.45) is 19.4. The van der Waals surface area contributed by atoms with Crippen molar-refractivity contribution in [3.63, 3.8) is 0 Å². The minimum atomic E-state index is -3.62. The number of nitrogens with one attached hydrogen (secondary N) is 1. The number of aliphatic carboxylic acids is 1. The predicted molar refractivity (Wildman–Crippen MR) is 175 cm³/mol. The summed E-state index contributed by atoms with van der Waals surface area (Å²) in [5, 5.41) is 8.91. The lowest BCUT2D eigenvalue weighted by atomic mass is 9.81. The lowest BCUT2D eigenvalue weighted by Crippen LogP contribution is -2.44. The molecule has 1 aromatic rings.